The fraction of sp³-hybridized carbons (Fsp3) is 0.640. The fourth-order valence-electron chi connectivity index (χ4n) is 5.22. The molecule has 3 aliphatic heterocycles. The summed E-state index contributed by atoms with van der Waals surface area (Å²) in [7, 11) is 0. The first-order valence-corrected chi connectivity index (χ1v) is 11.9. The summed E-state index contributed by atoms with van der Waals surface area (Å²) < 4.78 is 20.5. The predicted octanol–water partition coefficient (Wildman–Crippen LogP) is 3.96. The molecular weight excluding hydrogens is 425 g/mol. The zero-order chi connectivity index (χ0) is 23.8. The van der Waals surface area contributed by atoms with Crippen LogP contribution in [-0.2, 0) is 14.3 Å². The lowest BCUT2D eigenvalue weighted by Crippen LogP contribution is -2.49. The van der Waals surface area contributed by atoms with Crippen LogP contribution in [0.25, 0.3) is 0 Å². The molecule has 0 bridgehead atoms. The van der Waals surface area contributed by atoms with E-state index in [1.165, 1.54) is 6.07 Å². The molecule has 3 saturated heterocycles. The zero-order valence-corrected chi connectivity index (χ0v) is 19.8. The maximum Gasteiger partial charge on any atom is 0.410 e. The van der Waals surface area contributed by atoms with Gasteiger partial charge in [-0.2, -0.15) is 0 Å². The normalized spacial score (nSPS) is 23.5. The number of hydrogen-bond acceptors (Lipinski definition) is 5. The largest absolute Gasteiger partial charge is 0.444 e. The Labute approximate surface area is 194 Å². The molecule has 0 radical (unpaired) electrons. The van der Waals surface area contributed by atoms with Gasteiger partial charge in [0.15, 0.2) is 0 Å². The minimum absolute atomic E-state index is 0.193. The van der Waals surface area contributed by atoms with Crippen molar-refractivity contribution in [1.29, 1.82) is 0 Å². The van der Waals surface area contributed by atoms with Crippen molar-refractivity contribution in [2.24, 2.45) is 5.41 Å². The molecule has 0 aromatic heterocycles. The molecule has 0 aliphatic carbocycles. The lowest BCUT2D eigenvalue weighted by atomic mass is 9.71. The van der Waals surface area contributed by atoms with Crippen LogP contribution in [0.2, 0.25) is 0 Å². The van der Waals surface area contributed by atoms with Gasteiger partial charge in [0.25, 0.3) is 0 Å². The monoisotopic (exact) mass is 459 g/mol. The molecule has 3 aliphatic rings. The number of anilines is 1. The molecule has 1 spiro atoms. The number of nitrogens with zero attached hydrogens (tertiary/aromatic N) is 2. The number of halogens is 1. The van der Waals surface area contributed by atoms with Gasteiger partial charge in [-0.25, -0.2) is 9.18 Å². The summed E-state index contributed by atoms with van der Waals surface area (Å²) in [5.41, 5.74) is 0.879. The van der Waals surface area contributed by atoms with E-state index in [-0.39, 0.29) is 35.6 Å². The van der Waals surface area contributed by atoms with Gasteiger partial charge in [-0.3, -0.25) is 14.9 Å². The predicted molar refractivity (Wildman–Crippen MR) is 122 cm³/mol. The Morgan fingerprint density at radius 1 is 1.09 bits per heavy atom. The molecule has 7 nitrogen and oxygen atoms in total. The molecule has 1 unspecified atom stereocenters. The number of carbonyl (C=O) groups is 3. The summed E-state index contributed by atoms with van der Waals surface area (Å²) >= 11 is 0. The Morgan fingerprint density at radius 2 is 1.73 bits per heavy atom. The number of benzene rings is 1. The third kappa shape index (κ3) is 5.31. The van der Waals surface area contributed by atoms with Gasteiger partial charge in [0.05, 0.1) is 11.6 Å². The summed E-state index contributed by atoms with van der Waals surface area (Å²) in [5.74, 6) is -1.43. The smallest absolute Gasteiger partial charge is 0.410 e. The van der Waals surface area contributed by atoms with Crippen LogP contribution < -0.4 is 10.2 Å². The van der Waals surface area contributed by atoms with Crippen molar-refractivity contribution in [3.8, 4) is 0 Å². The van der Waals surface area contributed by atoms with E-state index < -0.39 is 11.5 Å². The fourth-order valence-corrected chi connectivity index (χ4v) is 5.22. The number of hydrogen-bond donors (Lipinski definition) is 1. The average Bonchev–Trinajstić information content (AvgIpc) is 2.74. The number of imide groups is 1. The maximum absolute atomic E-state index is 15.0. The van der Waals surface area contributed by atoms with E-state index in [2.05, 4.69) is 10.2 Å². The van der Waals surface area contributed by atoms with Gasteiger partial charge >= 0.3 is 6.09 Å². The van der Waals surface area contributed by atoms with Crippen LogP contribution >= 0.6 is 0 Å². The van der Waals surface area contributed by atoms with Crippen LogP contribution in [0.1, 0.15) is 70.8 Å². The standard InChI is InChI=1S/C25H34FN3O4/c1-24(2,3)33-23(32)29-14-10-25(11-15-29)8-12-28(13-9-25)20-6-4-17(16-19(20)26)18-5-7-21(30)27-22(18)31/h4,6,16,18H,5,7-15H2,1-3H3,(H,27,30,31). The molecule has 8 heteroatoms. The van der Waals surface area contributed by atoms with Crippen molar-refractivity contribution in [2.45, 2.75) is 70.8 Å². The first-order valence-electron chi connectivity index (χ1n) is 11.9. The van der Waals surface area contributed by atoms with Gasteiger partial charge in [0.2, 0.25) is 11.8 Å². The highest BCUT2D eigenvalue weighted by Crippen LogP contribution is 2.43. The molecule has 180 valence electrons. The van der Waals surface area contributed by atoms with Crippen molar-refractivity contribution in [2.75, 3.05) is 31.1 Å². The van der Waals surface area contributed by atoms with E-state index in [1.54, 1.807) is 11.0 Å². The van der Waals surface area contributed by atoms with Crippen LogP contribution in [0, 0.1) is 11.2 Å². The van der Waals surface area contributed by atoms with Crippen molar-refractivity contribution >= 4 is 23.6 Å². The first kappa shape index (κ1) is 23.5. The van der Waals surface area contributed by atoms with Crippen LogP contribution in [0.3, 0.4) is 0 Å². The first-order chi connectivity index (χ1) is 15.6. The third-order valence-electron chi connectivity index (χ3n) is 7.25. The number of ether oxygens (including phenoxy) is 1. The molecule has 33 heavy (non-hydrogen) atoms. The molecule has 1 aromatic carbocycles. The number of rotatable bonds is 2. The Balaban J connectivity index is 1.33. The molecule has 1 aromatic rings. The minimum atomic E-state index is -0.491. The topological polar surface area (TPSA) is 79.0 Å². The van der Waals surface area contributed by atoms with Crippen molar-refractivity contribution in [3.05, 3.63) is 29.6 Å². The van der Waals surface area contributed by atoms with E-state index in [9.17, 15) is 14.4 Å². The van der Waals surface area contributed by atoms with Gasteiger partial charge in [-0.05, 0) is 76.0 Å². The molecule has 3 fully saturated rings. The van der Waals surface area contributed by atoms with Crippen molar-refractivity contribution in [3.63, 3.8) is 0 Å². The number of carbonyl (C=O) groups excluding carboxylic acids is 3. The highest BCUT2D eigenvalue weighted by molar-refractivity contribution is 6.00. The molecule has 1 atom stereocenters. The SMILES string of the molecule is CC(C)(C)OC(=O)N1CCC2(CC1)CCN(c1ccc(C3CCC(=O)NC3=O)cc1F)CC2. The lowest BCUT2D eigenvalue weighted by molar-refractivity contribution is -0.134. The molecular formula is C25H34FN3O4. The quantitative estimate of drug-likeness (QED) is 0.678. The van der Waals surface area contributed by atoms with Crippen LogP contribution in [0.15, 0.2) is 18.2 Å². The average molecular weight is 460 g/mol. The molecule has 1 N–H and O–H groups in total. The van der Waals surface area contributed by atoms with E-state index >= 15 is 4.39 Å². The Bertz CT molecular complexity index is 924. The highest BCUT2D eigenvalue weighted by atomic mass is 19.1. The number of likely N-dealkylation sites (tertiary alicyclic amines) is 1. The second-order valence-corrected chi connectivity index (χ2v) is 10.7. The maximum atomic E-state index is 15.0. The van der Waals surface area contributed by atoms with Crippen LogP contribution in [0.4, 0.5) is 14.9 Å². The van der Waals surface area contributed by atoms with Crippen LogP contribution in [0.5, 0.6) is 0 Å². The van der Waals surface area contributed by atoms with E-state index in [4.69, 9.17) is 4.74 Å². The van der Waals surface area contributed by atoms with E-state index in [0.29, 0.717) is 30.8 Å². The van der Waals surface area contributed by atoms with Gasteiger partial charge in [0, 0.05) is 32.6 Å². The Hall–Kier alpha value is -2.64. The minimum Gasteiger partial charge on any atom is -0.444 e. The summed E-state index contributed by atoms with van der Waals surface area (Å²) in [6.07, 6.45) is 4.25. The van der Waals surface area contributed by atoms with E-state index in [1.807, 2.05) is 26.8 Å². The lowest BCUT2D eigenvalue weighted by Gasteiger charge is -2.47. The number of piperidine rings is 3. The van der Waals surface area contributed by atoms with Crippen molar-refractivity contribution < 1.29 is 23.5 Å². The Kier molecular flexibility index (Phi) is 6.38. The summed E-state index contributed by atoms with van der Waals surface area (Å²) in [5, 5.41) is 2.34. The summed E-state index contributed by atoms with van der Waals surface area (Å²) in [6.45, 7) is 8.56. The number of nitrogens with one attached hydrogen (secondary N) is 1. The molecule has 3 heterocycles. The van der Waals surface area contributed by atoms with Crippen LogP contribution in [-0.4, -0.2) is 54.6 Å². The molecule has 4 rings (SSSR count). The number of amides is 3. The second kappa shape index (κ2) is 8.95. The van der Waals surface area contributed by atoms with Gasteiger partial charge < -0.3 is 14.5 Å². The Morgan fingerprint density at radius 3 is 2.30 bits per heavy atom. The second-order valence-electron chi connectivity index (χ2n) is 10.7. The summed E-state index contributed by atoms with van der Waals surface area (Å²) in [4.78, 5) is 39.7. The summed E-state index contributed by atoms with van der Waals surface area (Å²) in [6, 6.07) is 5.01. The molecule has 0 saturated carbocycles. The highest BCUT2D eigenvalue weighted by Gasteiger charge is 2.40. The molecule has 3 amide bonds. The third-order valence-corrected chi connectivity index (χ3v) is 7.25. The van der Waals surface area contributed by atoms with Gasteiger partial charge in [0.1, 0.15) is 11.4 Å². The van der Waals surface area contributed by atoms with E-state index in [0.717, 1.165) is 38.8 Å². The van der Waals surface area contributed by atoms with Gasteiger partial charge in [-0.1, -0.05) is 6.07 Å². The zero-order valence-electron chi connectivity index (χ0n) is 19.8. The van der Waals surface area contributed by atoms with Gasteiger partial charge in [-0.15, -0.1) is 0 Å². The van der Waals surface area contributed by atoms with Crippen molar-refractivity contribution in [1.82, 2.24) is 10.2 Å².